The zero-order chi connectivity index (χ0) is 15.5. The van der Waals surface area contributed by atoms with Gasteiger partial charge in [0.2, 0.25) is 15.9 Å². The third-order valence-electron chi connectivity index (χ3n) is 3.32. The van der Waals surface area contributed by atoms with Crippen LogP contribution in [-0.2, 0) is 14.8 Å². The molecule has 2 rings (SSSR count). The van der Waals surface area contributed by atoms with E-state index in [1.807, 2.05) is 0 Å². The Morgan fingerprint density at radius 3 is 2.57 bits per heavy atom. The molecule has 1 aromatic carbocycles. The molecule has 0 aromatic heterocycles. The SMILES string of the molecule is C=CC(=O)Nc1ccc(Cl)c(S(=O)(=O)N2CCCCC2)c1. The molecule has 0 spiro atoms. The minimum Gasteiger partial charge on any atom is -0.322 e. The molecule has 1 aliphatic rings. The number of anilines is 1. The van der Waals surface area contributed by atoms with Crippen molar-refractivity contribution < 1.29 is 13.2 Å². The molecule has 7 heteroatoms. The van der Waals surface area contributed by atoms with Gasteiger partial charge in [-0.3, -0.25) is 4.79 Å². The van der Waals surface area contributed by atoms with Crippen molar-refractivity contribution in [3.8, 4) is 0 Å². The molecule has 1 aliphatic heterocycles. The standard InChI is InChI=1S/C14H17ClN2O3S/c1-2-14(18)16-11-6-7-12(15)13(10-11)21(19,20)17-8-4-3-5-9-17/h2,6-7,10H,1,3-5,8-9H2,(H,16,18). The van der Waals surface area contributed by atoms with Crippen molar-refractivity contribution in [3.63, 3.8) is 0 Å². The molecule has 0 bridgehead atoms. The van der Waals surface area contributed by atoms with Crippen LogP contribution in [0.2, 0.25) is 5.02 Å². The molecule has 1 N–H and O–H groups in total. The summed E-state index contributed by atoms with van der Waals surface area (Å²) >= 11 is 6.03. The Hall–Kier alpha value is -1.37. The first-order chi connectivity index (χ1) is 9.95. The maximum Gasteiger partial charge on any atom is 0.247 e. The van der Waals surface area contributed by atoms with Gasteiger partial charge < -0.3 is 5.32 Å². The van der Waals surface area contributed by atoms with Gasteiger partial charge in [0.15, 0.2) is 0 Å². The Balaban J connectivity index is 2.35. The molecule has 1 saturated heterocycles. The molecule has 0 atom stereocenters. The van der Waals surface area contributed by atoms with Crippen LogP contribution < -0.4 is 5.32 Å². The van der Waals surface area contributed by atoms with E-state index in [1.165, 1.54) is 16.4 Å². The third-order valence-corrected chi connectivity index (χ3v) is 5.70. The van der Waals surface area contributed by atoms with Gasteiger partial charge >= 0.3 is 0 Å². The van der Waals surface area contributed by atoms with Crippen molar-refractivity contribution in [2.75, 3.05) is 18.4 Å². The van der Waals surface area contributed by atoms with Crippen LogP contribution in [0.4, 0.5) is 5.69 Å². The molecule has 0 radical (unpaired) electrons. The lowest BCUT2D eigenvalue weighted by molar-refractivity contribution is -0.111. The first kappa shape index (κ1) is 16.0. The Bertz CT molecular complexity index is 652. The lowest BCUT2D eigenvalue weighted by Crippen LogP contribution is -2.35. The van der Waals surface area contributed by atoms with Gasteiger partial charge in [-0.2, -0.15) is 4.31 Å². The van der Waals surface area contributed by atoms with E-state index in [0.717, 1.165) is 25.3 Å². The van der Waals surface area contributed by atoms with E-state index in [4.69, 9.17) is 11.6 Å². The quantitative estimate of drug-likeness (QED) is 0.864. The van der Waals surface area contributed by atoms with E-state index >= 15 is 0 Å². The van der Waals surface area contributed by atoms with Gasteiger partial charge in [-0.05, 0) is 37.1 Å². The van der Waals surface area contributed by atoms with Gasteiger partial charge in [-0.1, -0.05) is 24.6 Å². The van der Waals surface area contributed by atoms with Crippen LogP contribution in [0, 0.1) is 0 Å². The normalized spacial score (nSPS) is 16.4. The number of amides is 1. The predicted molar refractivity (Wildman–Crippen MR) is 82.9 cm³/mol. The fourth-order valence-electron chi connectivity index (χ4n) is 2.22. The predicted octanol–water partition coefficient (Wildman–Crippen LogP) is 2.64. The van der Waals surface area contributed by atoms with Gasteiger partial charge in [0, 0.05) is 18.8 Å². The lowest BCUT2D eigenvalue weighted by atomic mass is 10.2. The van der Waals surface area contributed by atoms with Crippen LogP contribution in [0.3, 0.4) is 0 Å². The molecular weight excluding hydrogens is 312 g/mol. The van der Waals surface area contributed by atoms with Crippen LogP contribution in [0.25, 0.3) is 0 Å². The van der Waals surface area contributed by atoms with Gasteiger partial charge in [0.05, 0.1) is 5.02 Å². The summed E-state index contributed by atoms with van der Waals surface area (Å²) < 4.78 is 26.7. The summed E-state index contributed by atoms with van der Waals surface area (Å²) in [4.78, 5) is 11.3. The van der Waals surface area contributed by atoms with Crippen LogP contribution in [0.1, 0.15) is 19.3 Å². The summed E-state index contributed by atoms with van der Waals surface area (Å²) in [7, 11) is -3.63. The number of hydrogen-bond acceptors (Lipinski definition) is 3. The maximum atomic E-state index is 12.6. The molecule has 1 fully saturated rings. The summed E-state index contributed by atoms with van der Waals surface area (Å²) in [6, 6.07) is 4.41. The van der Waals surface area contributed by atoms with Gasteiger partial charge in [0.1, 0.15) is 4.90 Å². The van der Waals surface area contributed by atoms with Crippen LogP contribution in [0.15, 0.2) is 35.7 Å². The van der Waals surface area contributed by atoms with E-state index in [9.17, 15) is 13.2 Å². The molecule has 5 nitrogen and oxygen atoms in total. The van der Waals surface area contributed by atoms with Crippen molar-refractivity contribution in [1.82, 2.24) is 4.31 Å². The topological polar surface area (TPSA) is 66.5 Å². The van der Waals surface area contributed by atoms with E-state index < -0.39 is 15.9 Å². The van der Waals surface area contributed by atoms with Gasteiger partial charge in [-0.25, -0.2) is 8.42 Å². The summed E-state index contributed by atoms with van der Waals surface area (Å²) in [5, 5.41) is 2.69. The monoisotopic (exact) mass is 328 g/mol. The van der Waals surface area contributed by atoms with Crippen LogP contribution in [-0.4, -0.2) is 31.7 Å². The number of benzene rings is 1. The van der Waals surface area contributed by atoms with Gasteiger partial charge in [-0.15, -0.1) is 0 Å². The van der Waals surface area contributed by atoms with E-state index in [2.05, 4.69) is 11.9 Å². The smallest absolute Gasteiger partial charge is 0.247 e. The zero-order valence-electron chi connectivity index (χ0n) is 11.5. The largest absolute Gasteiger partial charge is 0.322 e. The molecule has 114 valence electrons. The first-order valence-corrected chi connectivity index (χ1v) is 8.50. The average molecular weight is 329 g/mol. The number of nitrogens with one attached hydrogen (secondary N) is 1. The molecule has 21 heavy (non-hydrogen) atoms. The van der Waals surface area contributed by atoms with Gasteiger partial charge in [0.25, 0.3) is 0 Å². The second-order valence-corrected chi connectivity index (χ2v) is 7.12. The highest BCUT2D eigenvalue weighted by atomic mass is 35.5. The number of halogens is 1. The number of sulfonamides is 1. The van der Waals surface area contributed by atoms with Crippen LogP contribution >= 0.6 is 11.6 Å². The van der Waals surface area contributed by atoms with E-state index in [0.29, 0.717) is 18.8 Å². The Kier molecular flexibility index (Phi) is 5.03. The Morgan fingerprint density at radius 2 is 1.95 bits per heavy atom. The molecule has 0 unspecified atom stereocenters. The number of carbonyl (C=O) groups excluding carboxylic acids is 1. The minimum atomic E-state index is -3.63. The molecule has 1 amide bonds. The number of nitrogens with zero attached hydrogens (tertiary/aromatic N) is 1. The fraction of sp³-hybridized carbons (Fsp3) is 0.357. The first-order valence-electron chi connectivity index (χ1n) is 6.68. The van der Waals surface area contributed by atoms with Crippen molar-refractivity contribution in [1.29, 1.82) is 0 Å². The molecule has 1 aromatic rings. The minimum absolute atomic E-state index is 0.0212. The second-order valence-electron chi connectivity index (χ2n) is 4.80. The molecule has 0 aliphatic carbocycles. The summed E-state index contributed by atoms with van der Waals surface area (Å²) in [6.45, 7) is 4.36. The van der Waals surface area contributed by atoms with E-state index in [-0.39, 0.29) is 9.92 Å². The number of rotatable bonds is 4. The van der Waals surface area contributed by atoms with Crippen molar-refractivity contribution in [3.05, 3.63) is 35.9 Å². The summed E-state index contributed by atoms with van der Waals surface area (Å²) in [5.41, 5.74) is 0.375. The lowest BCUT2D eigenvalue weighted by Gasteiger charge is -2.26. The van der Waals surface area contributed by atoms with E-state index in [1.54, 1.807) is 6.07 Å². The number of hydrogen-bond donors (Lipinski definition) is 1. The van der Waals surface area contributed by atoms with Crippen LogP contribution in [0.5, 0.6) is 0 Å². The summed E-state index contributed by atoms with van der Waals surface area (Å²) in [6.07, 6.45) is 3.86. The zero-order valence-corrected chi connectivity index (χ0v) is 13.1. The Labute approximate surface area is 129 Å². The molecule has 0 saturated carbocycles. The molecule has 1 heterocycles. The highest BCUT2D eigenvalue weighted by Crippen LogP contribution is 2.29. The van der Waals surface area contributed by atoms with Crippen molar-refractivity contribution in [2.24, 2.45) is 0 Å². The van der Waals surface area contributed by atoms with Crippen molar-refractivity contribution >= 4 is 33.2 Å². The highest BCUT2D eigenvalue weighted by Gasteiger charge is 2.28. The highest BCUT2D eigenvalue weighted by molar-refractivity contribution is 7.89. The third kappa shape index (κ3) is 3.64. The average Bonchev–Trinajstić information content (AvgIpc) is 2.49. The van der Waals surface area contributed by atoms with Crippen molar-refractivity contribution in [2.45, 2.75) is 24.2 Å². The second kappa shape index (κ2) is 6.60. The molecular formula is C14H17ClN2O3S. The number of piperidine rings is 1. The maximum absolute atomic E-state index is 12.6. The number of carbonyl (C=O) groups is 1. The fourth-order valence-corrected chi connectivity index (χ4v) is 4.23. The summed E-state index contributed by atoms with van der Waals surface area (Å²) in [5.74, 6) is -0.404. The Morgan fingerprint density at radius 1 is 1.29 bits per heavy atom.